The van der Waals surface area contributed by atoms with E-state index in [4.69, 9.17) is 4.74 Å². The molecule has 9 heteroatoms. The predicted molar refractivity (Wildman–Crippen MR) is 136 cm³/mol. The highest BCUT2D eigenvalue weighted by molar-refractivity contribution is 8.14. The highest BCUT2D eigenvalue weighted by Gasteiger charge is 2.41. The van der Waals surface area contributed by atoms with Crippen molar-refractivity contribution < 1.29 is 23.5 Å². The summed E-state index contributed by atoms with van der Waals surface area (Å²) in [5.41, 5.74) is 2.84. The zero-order chi connectivity index (χ0) is 25.8. The second-order valence-corrected chi connectivity index (χ2v) is 10.8. The first kappa shape index (κ1) is 26.3. The topological polar surface area (TPSA) is 81.5 Å². The molecule has 2 atom stereocenters. The number of allylic oxidation sites excluding steroid dienone is 1. The van der Waals surface area contributed by atoms with E-state index in [1.54, 1.807) is 42.9 Å². The number of rotatable bonds is 9. The molecule has 0 bridgehead atoms. The quantitative estimate of drug-likeness (QED) is 0.358. The maximum absolute atomic E-state index is 14.9. The summed E-state index contributed by atoms with van der Waals surface area (Å²) in [5.74, 6) is -0.741. The molecule has 1 saturated carbocycles. The van der Waals surface area contributed by atoms with Gasteiger partial charge in [0.15, 0.2) is 10.9 Å². The number of benzene rings is 1. The van der Waals surface area contributed by atoms with Crippen LogP contribution in [0.15, 0.2) is 47.8 Å². The van der Waals surface area contributed by atoms with Gasteiger partial charge >= 0.3 is 5.97 Å². The number of likely N-dealkylation sites (tertiary alicyclic amines) is 1. The fourth-order valence-corrected chi connectivity index (χ4v) is 5.79. The third-order valence-corrected chi connectivity index (χ3v) is 7.79. The number of halogens is 1. The number of ether oxygens (including phenoxy) is 1. The highest BCUT2D eigenvalue weighted by atomic mass is 32.2. The van der Waals surface area contributed by atoms with E-state index in [0.29, 0.717) is 37.2 Å². The summed E-state index contributed by atoms with van der Waals surface area (Å²) in [4.78, 5) is 39.5. The number of nitrogens with zero attached hydrogens (tertiary/aromatic N) is 3. The third-order valence-electron chi connectivity index (χ3n) is 6.65. The molecule has 0 N–H and O–H groups in total. The van der Waals surface area contributed by atoms with Gasteiger partial charge in [-0.2, -0.15) is 5.10 Å². The van der Waals surface area contributed by atoms with Gasteiger partial charge in [0.05, 0.1) is 31.0 Å². The van der Waals surface area contributed by atoms with Gasteiger partial charge in [-0.25, -0.2) is 9.18 Å². The molecule has 2 aromatic rings. The van der Waals surface area contributed by atoms with Gasteiger partial charge in [0.1, 0.15) is 5.82 Å². The number of thioether (sulfide) groups is 1. The second-order valence-electron chi connectivity index (χ2n) is 9.41. The standard InChI is InChI=1S/C27H32FN3O4S/c1-4-35-27(34)20-13-29-31(15-20)14-17(2)22-16-30(12-11-24(22)36-18(3)32)25(26(33)19-9-10-19)21-7-5-6-8-23(21)28/h5-8,13,15,19,24-25H,4,9-12,14,16H2,1-3H3. The van der Waals surface area contributed by atoms with Crippen LogP contribution in [-0.2, 0) is 20.9 Å². The molecule has 2 heterocycles. The van der Waals surface area contributed by atoms with Crippen LogP contribution < -0.4 is 0 Å². The molecule has 2 unspecified atom stereocenters. The molecule has 1 aliphatic carbocycles. The van der Waals surface area contributed by atoms with Crippen LogP contribution in [0, 0.1) is 11.7 Å². The van der Waals surface area contributed by atoms with Crippen LogP contribution in [0.4, 0.5) is 4.39 Å². The van der Waals surface area contributed by atoms with Crippen LogP contribution in [0.3, 0.4) is 0 Å². The Morgan fingerprint density at radius 1 is 1.19 bits per heavy atom. The van der Waals surface area contributed by atoms with Crippen LogP contribution in [-0.4, -0.2) is 56.5 Å². The largest absolute Gasteiger partial charge is 0.462 e. The van der Waals surface area contributed by atoms with Crippen molar-refractivity contribution in [3.05, 3.63) is 64.7 Å². The molecule has 2 fully saturated rings. The van der Waals surface area contributed by atoms with Crippen molar-refractivity contribution in [2.45, 2.75) is 57.9 Å². The Kier molecular flexibility index (Phi) is 8.41. The van der Waals surface area contributed by atoms with E-state index in [2.05, 4.69) is 10.00 Å². The van der Waals surface area contributed by atoms with Crippen molar-refractivity contribution in [1.82, 2.24) is 14.7 Å². The second kappa shape index (κ2) is 11.5. The third kappa shape index (κ3) is 6.13. The molecule has 7 nitrogen and oxygen atoms in total. The molecule has 0 spiro atoms. The molecular weight excluding hydrogens is 481 g/mol. The molecule has 2 aliphatic rings. The van der Waals surface area contributed by atoms with E-state index in [0.717, 1.165) is 24.0 Å². The van der Waals surface area contributed by atoms with Crippen molar-refractivity contribution >= 4 is 28.6 Å². The minimum atomic E-state index is -0.648. The summed E-state index contributed by atoms with van der Waals surface area (Å²) in [6.45, 7) is 7.06. The summed E-state index contributed by atoms with van der Waals surface area (Å²) in [7, 11) is 0. The van der Waals surface area contributed by atoms with Crippen molar-refractivity contribution in [3.63, 3.8) is 0 Å². The molecule has 1 aromatic heterocycles. The lowest BCUT2D eigenvalue weighted by Crippen LogP contribution is -2.43. The molecule has 1 saturated heterocycles. The van der Waals surface area contributed by atoms with Crippen molar-refractivity contribution in [3.8, 4) is 0 Å². The smallest absolute Gasteiger partial charge is 0.341 e. The maximum Gasteiger partial charge on any atom is 0.341 e. The molecule has 1 aliphatic heterocycles. The lowest BCUT2D eigenvalue weighted by molar-refractivity contribution is -0.126. The number of ketones is 1. The van der Waals surface area contributed by atoms with Gasteiger partial charge in [0, 0.05) is 42.9 Å². The van der Waals surface area contributed by atoms with Gasteiger partial charge in [0.2, 0.25) is 0 Å². The van der Waals surface area contributed by atoms with Gasteiger partial charge < -0.3 is 4.74 Å². The fourth-order valence-electron chi connectivity index (χ4n) is 4.75. The van der Waals surface area contributed by atoms with Crippen LogP contribution in [0.25, 0.3) is 0 Å². The number of Topliss-reactive ketones (excluding diaryl/α,β-unsaturated/α-hetero) is 1. The van der Waals surface area contributed by atoms with Gasteiger partial charge in [0.25, 0.3) is 0 Å². The number of aromatic nitrogens is 2. The number of hydrogen-bond acceptors (Lipinski definition) is 7. The summed E-state index contributed by atoms with van der Waals surface area (Å²) < 4.78 is 21.6. The van der Waals surface area contributed by atoms with Crippen LogP contribution >= 0.6 is 11.8 Å². The lowest BCUT2D eigenvalue weighted by Gasteiger charge is -2.39. The van der Waals surface area contributed by atoms with Gasteiger partial charge in [-0.3, -0.25) is 19.2 Å². The summed E-state index contributed by atoms with van der Waals surface area (Å²) >= 11 is 1.29. The molecule has 0 amide bonds. The van der Waals surface area contributed by atoms with E-state index in [9.17, 15) is 18.8 Å². The molecule has 36 heavy (non-hydrogen) atoms. The van der Waals surface area contributed by atoms with E-state index in [1.165, 1.54) is 24.0 Å². The van der Waals surface area contributed by atoms with Gasteiger partial charge in [-0.05, 0) is 44.7 Å². The number of carbonyl (C=O) groups is 3. The number of piperidine rings is 1. The summed E-state index contributed by atoms with van der Waals surface area (Å²) in [6, 6.07) is 5.86. The number of carbonyl (C=O) groups excluding carboxylic acids is 3. The van der Waals surface area contributed by atoms with E-state index in [1.807, 2.05) is 6.92 Å². The summed E-state index contributed by atoms with van der Waals surface area (Å²) in [6.07, 6.45) is 5.50. The molecular formula is C27H32FN3O4S. The number of esters is 1. The first-order chi connectivity index (χ1) is 17.3. The zero-order valence-electron chi connectivity index (χ0n) is 20.9. The van der Waals surface area contributed by atoms with E-state index >= 15 is 0 Å². The van der Waals surface area contributed by atoms with Crippen molar-refractivity contribution in [2.75, 3.05) is 19.7 Å². The van der Waals surface area contributed by atoms with Crippen molar-refractivity contribution in [2.24, 2.45) is 5.92 Å². The Bertz CT molecular complexity index is 1170. The first-order valence-electron chi connectivity index (χ1n) is 12.4. The Labute approximate surface area is 215 Å². The minimum Gasteiger partial charge on any atom is -0.462 e. The molecule has 0 radical (unpaired) electrons. The first-order valence-corrected chi connectivity index (χ1v) is 13.2. The Morgan fingerprint density at radius 2 is 1.94 bits per heavy atom. The van der Waals surface area contributed by atoms with Crippen LogP contribution in [0.1, 0.15) is 62.0 Å². The summed E-state index contributed by atoms with van der Waals surface area (Å²) in [5, 5.41) is 4.30. The zero-order valence-corrected chi connectivity index (χ0v) is 21.7. The predicted octanol–water partition coefficient (Wildman–Crippen LogP) is 4.59. The van der Waals surface area contributed by atoms with E-state index < -0.39 is 12.0 Å². The van der Waals surface area contributed by atoms with Crippen LogP contribution in [0.2, 0.25) is 0 Å². The average molecular weight is 514 g/mol. The van der Waals surface area contributed by atoms with Gasteiger partial charge in [-0.15, -0.1) is 0 Å². The minimum absolute atomic E-state index is 0.0159. The molecule has 1 aromatic carbocycles. The molecule has 192 valence electrons. The molecule has 4 rings (SSSR count). The Balaban J connectivity index is 1.63. The highest BCUT2D eigenvalue weighted by Crippen LogP contribution is 2.41. The van der Waals surface area contributed by atoms with E-state index in [-0.39, 0.29) is 34.5 Å². The average Bonchev–Trinajstić information content (AvgIpc) is 3.59. The van der Waals surface area contributed by atoms with Crippen molar-refractivity contribution in [1.29, 1.82) is 0 Å². The van der Waals surface area contributed by atoms with Gasteiger partial charge in [-0.1, -0.05) is 35.5 Å². The Hall–Kier alpha value is -2.78. The lowest BCUT2D eigenvalue weighted by atomic mass is 9.92. The number of hydrogen-bond donors (Lipinski definition) is 0. The maximum atomic E-state index is 14.9. The normalized spacial score (nSPS) is 20.6. The SMILES string of the molecule is CCOC(=O)c1cnn(CC(C)=C2CN(C(C(=O)C3CC3)c3ccccc3F)CCC2SC(C)=O)c1. The monoisotopic (exact) mass is 513 g/mol. The fraction of sp³-hybridized carbons (Fsp3) is 0.481. The van der Waals surface area contributed by atoms with Crippen LogP contribution in [0.5, 0.6) is 0 Å². The Morgan fingerprint density at radius 3 is 2.61 bits per heavy atom.